The van der Waals surface area contributed by atoms with Crippen LogP contribution in [-0.4, -0.2) is 12.6 Å². The van der Waals surface area contributed by atoms with E-state index in [0.29, 0.717) is 0 Å². The van der Waals surface area contributed by atoms with Gasteiger partial charge in [0.05, 0.1) is 0 Å². The van der Waals surface area contributed by atoms with Crippen LogP contribution in [0.15, 0.2) is 0 Å². The van der Waals surface area contributed by atoms with Crippen LogP contribution >= 0.6 is 0 Å². The van der Waals surface area contributed by atoms with Gasteiger partial charge in [-0.2, -0.15) is 0 Å². The van der Waals surface area contributed by atoms with Gasteiger partial charge >= 0.3 is 0 Å². The second kappa shape index (κ2) is 4.65. The van der Waals surface area contributed by atoms with Crippen LogP contribution in [0.5, 0.6) is 0 Å². The zero-order chi connectivity index (χ0) is 9.97. The van der Waals surface area contributed by atoms with E-state index < -0.39 is 0 Å². The maximum Gasteiger partial charge on any atom is 0.00682 e. The summed E-state index contributed by atoms with van der Waals surface area (Å²) in [6, 6.07) is 0.897. The highest BCUT2D eigenvalue weighted by Crippen LogP contribution is 2.34. The van der Waals surface area contributed by atoms with Gasteiger partial charge in [0.15, 0.2) is 0 Å². The van der Waals surface area contributed by atoms with Gasteiger partial charge in [-0.05, 0) is 62.8 Å². The molecule has 1 heteroatoms. The molecule has 2 rings (SSSR count). The van der Waals surface area contributed by atoms with E-state index in [-0.39, 0.29) is 0 Å². The van der Waals surface area contributed by atoms with Crippen LogP contribution in [0.3, 0.4) is 0 Å². The molecule has 0 aromatic carbocycles. The molecule has 0 saturated heterocycles. The Labute approximate surface area is 88.7 Å². The third kappa shape index (κ3) is 3.27. The molecule has 82 valence electrons. The van der Waals surface area contributed by atoms with Crippen LogP contribution in [0.4, 0.5) is 0 Å². The first-order valence-electron chi connectivity index (χ1n) is 6.47. The Morgan fingerprint density at radius 2 is 1.64 bits per heavy atom. The van der Waals surface area contributed by atoms with Gasteiger partial charge in [0.1, 0.15) is 0 Å². The SMILES string of the molecule is CC1CC(C)CC(CCNC2CC2)C1. The quantitative estimate of drug-likeness (QED) is 0.726. The fraction of sp³-hybridized carbons (Fsp3) is 1.00. The molecular weight excluding hydrogens is 170 g/mol. The fourth-order valence-electron chi connectivity index (χ4n) is 3.13. The number of rotatable bonds is 4. The first-order chi connectivity index (χ1) is 6.74. The highest BCUT2D eigenvalue weighted by atomic mass is 14.9. The highest BCUT2D eigenvalue weighted by Gasteiger charge is 2.25. The first kappa shape index (κ1) is 10.5. The van der Waals surface area contributed by atoms with E-state index in [2.05, 4.69) is 19.2 Å². The molecule has 0 radical (unpaired) electrons. The van der Waals surface area contributed by atoms with Crippen LogP contribution in [-0.2, 0) is 0 Å². The molecule has 2 unspecified atom stereocenters. The molecule has 0 aromatic rings. The second-order valence-corrected chi connectivity index (χ2v) is 5.80. The zero-order valence-corrected chi connectivity index (χ0v) is 9.76. The molecule has 14 heavy (non-hydrogen) atoms. The van der Waals surface area contributed by atoms with Gasteiger partial charge in [-0.25, -0.2) is 0 Å². The lowest BCUT2D eigenvalue weighted by molar-refractivity contribution is 0.209. The van der Waals surface area contributed by atoms with E-state index in [9.17, 15) is 0 Å². The summed E-state index contributed by atoms with van der Waals surface area (Å²) >= 11 is 0. The Morgan fingerprint density at radius 3 is 2.21 bits per heavy atom. The smallest absolute Gasteiger partial charge is 0.00682 e. The molecule has 2 aliphatic carbocycles. The van der Waals surface area contributed by atoms with Gasteiger partial charge < -0.3 is 5.32 Å². The van der Waals surface area contributed by atoms with Crippen LogP contribution in [0, 0.1) is 17.8 Å². The molecule has 2 saturated carbocycles. The van der Waals surface area contributed by atoms with Crippen LogP contribution in [0.25, 0.3) is 0 Å². The fourth-order valence-corrected chi connectivity index (χ4v) is 3.13. The first-order valence-corrected chi connectivity index (χ1v) is 6.47. The summed E-state index contributed by atoms with van der Waals surface area (Å²) in [5.74, 6) is 2.97. The third-order valence-electron chi connectivity index (χ3n) is 3.84. The van der Waals surface area contributed by atoms with E-state index in [1.165, 1.54) is 45.1 Å². The summed E-state index contributed by atoms with van der Waals surface area (Å²) in [4.78, 5) is 0. The van der Waals surface area contributed by atoms with Crippen LogP contribution in [0.2, 0.25) is 0 Å². The van der Waals surface area contributed by atoms with E-state index in [1.54, 1.807) is 0 Å². The number of hydrogen-bond acceptors (Lipinski definition) is 1. The number of nitrogens with one attached hydrogen (secondary N) is 1. The molecule has 2 aliphatic rings. The van der Waals surface area contributed by atoms with Crippen molar-refractivity contribution in [3.05, 3.63) is 0 Å². The monoisotopic (exact) mass is 195 g/mol. The topological polar surface area (TPSA) is 12.0 Å². The minimum absolute atomic E-state index is 0.897. The van der Waals surface area contributed by atoms with Crippen molar-refractivity contribution in [3.8, 4) is 0 Å². The summed E-state index contributed by atoms with van der Waals surface area (Å²) < 4.78 is 0. The Bertz CT molecular complexity index is 164. The molecule has 0 amide bonds. The lowest BCUT2D eigenvalue weighted by Crippen LogP contribution is -2.25. The molecule has 2 fully saturated rings. The Hall–Kier alpha value is -0.0400. The summed E-state index contributed by atoms with van der Waals surface area (Å²) in [6.07, 6.45) is 8.71. The van der Waals surface area contributed by atoms with Gasteiger partial charge in [-0.3, -0.25) is 0 Å². The van der Waals surface area contributed by atoms with Gasteiger partial charge in [0, 0.05) is 6.04 Å². The van der Waals surface area contributed by atoms with Crippen molar-refractivity contribution in [2.75, 3.05) is 6.54 Å². The minimum Gasteiger partial charge on any atom is -0.314 e. The minimum atomic E-state index is 0.897. The van der Waals surface area contributed by atoms with Crippen molar-refractivity contribution in [1.29, 1.82) is 0 Å². The van der Waals surface area contributed by atoms with Crippen molar-refractivity contribution in [2.45, 2.75) is 58.4 Å². The summed E-state index contributed by atoms with van der Waals surface area (Å²) in [5.41, 5.74) is 0. The lowest BCUT2D eigenvalue weighted by Gasteiger charge is -2.31. The summed E-state index contributed by atoms with van der Waals surface area (Å²) in [5, 5.41) is 3.63. The van der Waals surface area contributed by atoms with E-state index in [4.69, 9.17) is 0 Å². The van der Waals surface area contributed by atoms with Crippen molar-refractivity contribution >= 4 is 0 Å². The van der Waals surface area contributed by atoms with Gasteiger partial charge in [-0.15, -0.1) is 0 Å². The van der Waals surface area contributed by atoms with Gasteiger partial charge in [-0.1, -0.05) is 13.8 Å². The second-order valence-electron chi connectivity index (χ2n) is 5.80. The summed E-state index contributed by atoms with van der Waals surface area (Å²) in [7, 11) is 0. The lowest BCUT2D eigenvalue weighted by atomic mass is 9.75. The van der Waals surface area contributed by atoms with E-state index in [1.807, 2.05) is 0 Å². The highest BCUT2D eigenvalue weighted by molar-refractivity contribution is 4.82. The van der Waals surface area contributed by atoms with Crippen molar-refractivity contribution < 1.29 is 0 Å². The van der Waals surface area contributed by atoms with E-state index >= 15 is 0 Å². The third-order valence-corrected chi connectivity index (χ3v) is 3.84. The van der Waals surface area contributed by atoms with Crippen molar-refractivity contribution in [3.63, 3.8) is 0 Å². The molecule has 0 spiro atoms. The van der Waals surface area contributed by atoms with Crippen molar-refractivity contribution in [2.24, 2.45) is 17.8 Å². The molecule has 0 bridgehead atoms. The normalized spacial score (nSPS) is 38.6. The maximum absolute atomic E-state index is 3.63. The molecule has 0 aromatic heterocycles. The predicted molar refractivity (Wildman–Crippen MR) is 61.3 cm³/mol. The van der Waals surface area contributed by atoms with Gasteiger partial charge in [0.25, 0.3) is 0 Å². The zero-order valence-electron chi connectivity index (χ0n) is 9.76. The molecule has 0 aliphatic heterocycles. The molecule has 1 nitrogen and oxygen atoms in total. The average Bonchev–Trinajstić information content (AvgIpc) is 2.86. The largest absolute Gasteiger partial charge is 0.314 e. The van der Waals surface area contributed by atoms with Gasteiger partial charge in [0.2, 0.25) is 0 Å². The Morgan fingerprint density at radius 1 is 1.00 bits per heavy atom. The number of hydrogen-bond donors (Lipinski definition) is 1. The van der Waals surface area contributed by atoms with Crippen molar-refractivity contribution in [1.82, 2.24) is 5.32 Å². The Kier molecular flexibility index (Phi) is 3.48. The van der Waals surface area contributed by atoms with E-state index in [0.717, 1.165) is 23.8 Å². The molecule has 2 atom stereocenters. The average molecular weight is 195 g/mol. The summed E-state index contributed by atoms with van der Waals surface area (Å²) in [6.45, 7) is 6.13. The standard InChI is InChI=1S/C13H25N/c1-10-7-11(2)9-12(8-10)5-6-14-13-3-4-13/h10-14H,3-9H2,1-2H3. The Balaban J connectivity index is 1.62. The molecular formula is C13H25N. The van der Waals surface area contributed by atoms with Crippen LogP contribution in [0.1, 0.15) is 52.4 Å². The van der Waals surface area contributed by atoms with Crippen LogP contribution < -0.4 is 5.32 Å². The molecule has 1 N–H and O–H groups in total. The predicted octanol–water partition coefficient (Wildman–Crippen LogP) is 3.20. The maximum atomic E-state index is 3.63. The molecule has 0 heterocycles.